The Morgan fingerprint density at radius 2 is 1.86 bits per heavy atom. The Morgan fingerprint density at radius 1 is 1.18 bits per heavy atom. The van der Waals surface area contributed by atoms with Gasteiger partial charge in [-0.05, 0) is 36.8 Å². The van der Waals surface area contributed by atoms with Gasteiger partial charge in [0.15, 0.2) is 18.1 Å². The van der Waals surface area contributed by atoms with Crippen LogP contribution in [0.2, 0.25) is 0 Å². The molecule has 1 N–H and O–H groups in total. The first kappa shape index (κ1) is 15.5. The number of carbonyl (C=O) groups is 1. The number of amides is 1. The number of nitrogens with one attached hydrogen (secondary N) is 1. The van der Waals surface area contributed by atoms with Crippen molar-refractivity contribution in [2.75, 3.05) is 13.2 Å². The molecule has 0 atom stereocenters. The molecule has 0 saturated carbocycles. The van der Waals surface area contributed by atoms with E-state index in [1.165, 1.54) is 6.21 Å². The fourth-order valence-corrected chi connectivity index (χ4v) is 1.65. The minimum Gasteiger partial charge on any atom is -0.490 e. The normalized spacial score (nSPS) is 10.4. The number of benzene rings is 1. The average molecular weight is 299 g/mol. The van der Waals surface area contributed by atoms with Crippen molar-refractivity contribution >= 4 is 12.1 Å². The van der Waals surface area contributed by atoms with Gasteiger partial charge < -0.3 is 9.47 Å². The molecule has 2 rings (SSSR count). The lowest BCUT2D eigenvalue weighted by atomic mass is 10.3. The number of aromatic nitrogens is 1. The molecule has 114 valence electrons. The highest BCUT2D eigenvalue weighted by molar-refractivity contribution is 5.82. The summed E-state index contributed by atoms with van der Waals surface area (Å²) in [5, 5.41) is 3.85. The lowest BCUT2D eigenvalue weighted by molar-refractivity contribution is -0.123. The maximum Gasteiger partial charge on any atom is 0.277 e. The van der Waals surface area contributed by atoms with Crippen molar-refractivity contribution in [1.29, 1.82) is 0 Å². The van der Waals surface area contributed by atoms with Crippen LogP contribution in [0.15, 0.2) is 53.9 Å². The first-order valence-electron chi connectivity index (χ1n) is 6.86. The van der Waals surface area contributed by atoms with Crippen LogP contribution in [0.5, 0.6) is 11.5 Å². The molecule has 0 fully saturated rings. The number of nitrogens with zero attached hydrogens (tertiary/aromatic N) is 2. The summed E-state index contributed by atoms with van der Waals surface area (Å²) in [6.07, 6.45) is 4.83. The predicted molar refractivity (Wildman–Crippen MR) is 83.1 cm³/mol. The third-order valence-electron chi connectivity index (χ3n) is 2.62. The monoisotopic (exact) mass is 299 g/mol. The number of para-hydroxylation sites is 2. The Hall–Kier alpha value is -2.89. The van der Waals surface area contributed by atoms with Crippen LogP contribution < -0.4 is 14.9 Å². The second-order valence-corrected chi connectivity index (χ2v) is 4.24. The number of pyridine rings is 1. The molecule has 1 aromatic carbocycles. The van der Waals surface area contributed by atoms with Crippen LogP contribution in [0.25, 0.3) is 0 Å². The molecule has 0 bridgehead atoms. The topological polar surface area (TPSA) is 72.8 Å². The summed E-state index contributed by atoms with van der Waals surface area (Å²) in [6.45, 7) is 2.28. The predicted octanol–water partition coefficient (Wildman–Crippen LogP) is 2.01. The van der Waals surface area contributed by atoms with Crippen LogP contribution in [0, 0.1) is 0 Å². The summed E-state index contributed by atoms with van der Waals surface area (Å²) >= 11 is 0. The highest BCUT2D eigenvalue weighted by atomic mass is 16.5. The van der Waals surface area contributed by atoms with Crippen molar-refractivity contribution in [2.45, 2.75) is 6.92 Å². The third kappa shape index (κ3) is 4.90. The lowest BCUT2D eigenvalue weighted by Gasteiger charge is -2.10. The van der Waals surface area contributed by atoms with Gasteiger partial charge in [0.05, 0.1) is 12.8 Å². The minimum absolute atomic E-state index is 0.141. The molecule has 0 aliphatic heterocycles. The molecule has 22 heavy (non-hydrogen) atoms. The summed E-state index contributed by atoms with van der Waals surface area (Å²) in [5.74, 6) is 0.785. The maximum absolute atomic E-state index is 11.7. The standard InChI is InChI=1S/C16H17N3O3/c1-2-21-14-5-3-4-6-15(14)22-12-16(20)19-18-11-13-7-9-17-10-8-13/h3-11H,2,12H2,1H3,(H,19,20)/b18-11-. The Balaban J connectivity index is 1.82. The van der Waals surface area contributed by atoms with Gasteiger partial charge in [-0.15, -0.1) is 0 Å². The Morgan fingerprint density at radius 3 is 2.55 bits per heavy atom. The zero-order chi connectivity index (χ0) is 15.6. The molecule has 2 aromatic rings. The SMILES string of the molecule is CCOc1ccccc1OCC(=O)N/N=C\c1ccncc1. The summed E-state index contributed by atoms with van der Waals surface area (Å²) in [6, 6.07) is 10.8. The highest BCUT2D eigenvalue weighted by Gasteiger charge is 2.06. The fourth-order valence-electron chi connectivity index (χ4n) is 1.65. The van der Waals surface area contributed by atoms with Crippen molar-refractivity contribution in [1.82, 2.24) is 10.4 Å². The number of hydrogen-bond acceptors (Lipinski definition) is 5. The molecule has 0 aliphatic rings. The Kier molecular flexibility index (Phi) is 5.92. The molecule has 0 unspecified atom stereocenters. The lowest BCUT2D eigenvalue weighted by Crippen LogP contribution is -2.24. The van der Waals surface area contributed by atoms with E-state index < -0.39 is 0 Å². The molecule has 0 spiro atoms. The molecule has 0 saturated heterocycles. The van der Waals surface area contributed by atoms with Crippen LogP contribution in [-0.2, 0) is 4.79 Å². The van der Waals surface area contributed by atoms with Gasteiger partial charge in [-0.2, -0.15) is 5.10 Å². The summed E-state index contributed by atoms with van der Waals surface area (Å²) in [4.78, 5) is 15.6. The number of carbonyl (C=O) groups excluding carboxylic acids is 1. The first-order chi connectivity index (χ1) is 10.8. The molecular formula is C16H17N3O3. The molecule has 6 nitrogen and oxygen atoms in total. The molecule has 0 aliphatic carbocycles. The zero-order valence-electron chi connectivity index (χ0n) is 12.2. The Bertz CT molecular complexity index is 630. The van der Waals surface area contributed by atoms with E-state index in [4.69, 9.17) is 9.47 Å². The van der Waals surface area contributed by atoms with E-state index in [0.29, 0.717) is 18.1 Å². The smallest absolute Gasteiger partial charge is 0.277 e. The van der Waals surface area contributed by atoms with E-state index in [9.17, 15) is 4.79 Å². The van der Waals surface area contributed by atoms with Crippen LogP contribution in [-0.4, -0.2) is 30.3 Å². The number of rotatable bonds is 7. The van der Waals surface area contributed by atoms with Gasteiger partial charge >= 0.3 is 0 Å². The van der Waals surface area contributed by atoms with Crippen LogP contribution in [0.4, 0.5) is 0 Å². The number of hydrogen-bond donors (Lipinski definition) is 1. The molecule has 1 aromatic heterocycles. The van der Waals surface area contributed by atoms with Gasteiger partial charge in [-0.1, -0.05) is 12.1 Å². The summed E-state index contributed by atoms with van der Waals surface area (Å²) < 4.78 is 10.8. The first-order valence-corrected chi connectivity index (χ1v) is 6.86. The van der Waals surface area contributed by atoms with Gasteiger partial charge in [-0.3, -0.25) is 9.78 Å². The van der Waals surface area contributed by atoms with E-state index in [2.05, 4.69) is 15.5 Å². The number of ether oxygens (including phenoxy) is 2. The molecule has 0 radical (unpaired) electrons. The van der Waals surface area contributed by atoms with E-state index in [1.807, 2.05) is 19.1 Å². The van der Waals surface area contributed by atoms with Gasteiger partial charge in [0.2, 0.25) is 0 Å². The van der Waals surface area contributed by atoms with Crippen LogP contribution in [0.3, 0.4) is 0 Å². The van der Waals surface area contributed by atoms with Crippen molar-refractivity contribution in [3.05, 3.63) is 54.4 Å². The zero-order valence-corrected chi connectivity index (χ0v) is 12.2. The van der Waals surface area contributed by atoms with E-state index in [-0.39, 0.29) is 12.5 Å². The minimum atomic E-state index is -0.350. The van der Waals surface area contributed by atoms with Crippen molar-refractivity contribution in [2.24, 2.45) is 5.10 Å². The second kappa shape index (κ2) is 8.41. The molecule has 6 heteroatoms. The summed E-state index contributed by atoms with van der Waals surface area (Å²) in [7, 11) is 0. The van der Waals surface area contributed by atoms with E-state index >= 15 is 0 Å². The van der Waals surface area contributed by atoms with Crippen molar-refractivity contribution < 1.29 is 14.3 Å². The summed E-state index contributed by atoms with van der Waals surface area (Å²) in [5.41, 5.74) is 3.24. The van der Waals surface area contributed by atoms with E-state index in [1.54, 1.807) is 36.7 Å². The van der Waals surface area contributed by atoms with Gasteiger partial charge in [0.25, 0.3) is 5.91 Å². The quantitative estimate of drug-likeness (QED) is 0.627. The average Bonchev–Trinajstić information content (AvgIpc) is 2.55. The highest BCUT2D eigenvalue weighted by Crippen LogP contribution is 2.26. The van der Waals surface area contributed by atoms with Crippen LogP contribution >= 0.6 is 0 Å². The van der Waals surface area contributed by atoms with Gasteiger partial charge in [0, 0.05) is 12.4 Å². The molecule has 1 amide bonds. The van der Waals surface area contributed by atoms with Crippen molar-refractivity contribution in [3.8, 4) is 11.5 Å². The Labute approximate surface area is 128 Å². The fraction of sp³-hybridized carbons (Fsp3) is 0.188. The third-order valence-corrected chi connectivity index (χ3v) is 2.62. The van der Waals surface area contributed by atoms with Gasteiger partial charge in [-0.25, -0.2) is 5.43 Å². The largest absolute Gasteiger partial charge is 0.490 e. The van der Waals surface area contributed by atoms with E-state index in [0.717, 1.165) is 5.56 Å². The number of hydrazone groups is 1. The van der Waals surface area contributed by atoms with Gasteiger partial charge in [0.1, 0.15) is 0 Å². The second-order valence-electron chi connectivity index (χ2n) is 4.24. The molecule has 1 heterocycles. The van der Waals surface area contributed by atoms with Crippen molar-refractivity contribution in [3.63, 3.8) is 0 Å². The van der Waals surface area contributed by atoms with Crippen LogP contribution in [0.1, 0.15) is 12.5 Å². The maximum atomic E-state index is 11.7. The molecular weight excluding hydrogens is 282 g/mol.